The van der Waals surface area contributed by atoms with E-state index in [1.807, 2.05) is 44.3 Å². The molecule has 0 saturated carbocycles. The van der Waals surface area contributed by atoms with Gasteiger partial charge in [0, 0.05) is 12.1 Å². The highest BCUT2D eigenvalue weighted by molar-refractivity contribution is 5.84. The number of ether oxygens (including phenoxy) is 1. The number of para-hydroxylation sites is 1. The monoisotopic (exact) mass is 264 g/mol. The predicted octanol–water partition coefficient (Wildman–Crippen LogP) is 2.11. The number of quaternary nitrogens is 1. The van der Waals surface area contributed by atoms with Gasteiger partial charge in [0.1, 0.15) is 6.04 Å². The summed E-state index contributed by atoms with van der Waals surface area (Å²) in [6.45, 7) is 2.95. The van der Waals surface area contributed by atoms with Crippen LogP contribution in [0.15, 0.2) is 30.3 Å². The Bertz CT molecular complexity index is 434. The maximum absolute atomic E-state index is 11.9. The van der Waals surface area contributed by atoms with E-state index < -0.39 is 6.09 Å². The zero-order chi connectivity index (χ0) is 13.9. The molecule has 1 aliphatic rings. The molecule has 0 aliphatic carbocycles. The number of likely N-dealkylation sites (N-methyl/N-ethyl adjacent to an activating group) is 1. The Hall–Kier alpha value is -1.59. The van der Waals surface area contributed by atoms with Crippen molar-refractivity contribution >= 4 is 11.8 Å². The number of rotatable bonds is 2. The molecular weight excluding hydrogens is 242 g/mol. The first-order valence-electron chi connectivity index (χ1n) is 6.65. The van der Waals surface area contributed by atoms with Crippen molar-refractivity contribution in [2.45, 2.75) is 31.9 Å². The van der Waals surface area contributed by atoms with Gasteiger partial charge in [0.05, 0.1) is 13.6 Å². The van der Waals surface area contributed by atoms with Gasteiger partial charge in [-0.1, -0.05) is 18.2 Å². The summed E-state index contributed by atoms with van der Waals surface area (Å²) >= 11 is 0. The molecular formula is C14H22N3O2+. The average molecular weight is 264 g/mol. The van der Waals surface area contributed by atoms with Crippen molar-refractivity contribution in [2.75, 3.05) is 18.9 Å². The molecule has 1 aliphatic heterocycles. The molecule has 0 bridgehead atoms. The molecule has 1 amide bonds. The first-order chi connectivity index (χ1) is 8.99. The van der Waals surface area contributed by atoms with Crippen molar-refractivity contribution in [1.29, 1.82) is 0 Å². The molecule has 1 aromatic rings. The van der Waals surface area contributed by atoms with Crippen LogP contribution >= 0.6 is 0 Å². The van der Waals surface area contributed by atoms with E-state index >= 15 is 0 Å². The number of nitrogens with one attached hydrogen (secondary N) is 1. The topological polar surface area (TPSA) is 64.3 Å². The van der Waals surface area contributed by atoms with Crippen molar-refractivity contribution in [2.24, 2.45) is 5.84 Å². The van der Waals surface area contributed by atoms with E-state index in [4.69, 9.17) is 10.6 Å². The van der Waals surface area contributed by atoms with Crippen molar-refractivity contribution < 1.29 is 14.1 Å². The predicted molar refractivity (Wildman–Crippen MR) is 74.3 cm³/mol. The van der Waals surface area contributed by atoms with Crippen LogP contribution in [-0.4, -0.2) is 36.4 Å². The summed E-state index contributed by atoms with van der Waals surface area (Å²) in [6.07, 6.45) is 1.30. The summed E-state index contributed by atoms with van der Waals surface area (Å²) in [5.74, 6) is 6.17. The fraction of sp³-hybridized carbons (Fsp3) is 0.500. The van der Waals surface area contributed by atoms with Crippen LogP contribution in [0.25, 0.3) is 0 Å². The smallest absolute Gasteiger partial charge is 0.412 e. The van der Waals surface area contributed by atoms with Gasteiger partial charge in [-0.2, -0.15) is 5.84 Å². The standard InChI is InChI=1S/C14H21N3O2/c1-11-13(9-6-10-17(11,2)15)19-14(18)16-12-7-4-3-5-8-12/h3-5,7-8,11,13H,6,9-10,15H2,1-2H3/p+1. The highest BCUT2D eigenvalue weighted by atomic mass is 16.6. The number of likely N-dealkylation sites (tertiary alicyclic amines) is 1. The van der Waals surface area contributed by atoms with E-state index in [0.717, 1.165) is 25.1 Å². The number of hydrogen-bond acceptors (Lipinski definition) is 3. The number of nitrogens with zero attached hydrogens (tertiary/aromatic N) is 1. The van der Waals surface area contributed by atoms with Gasteiger partial charge in [0.15, 0.2) is 6.10 Å². The molecule has 19 heavy (non-hydrogen) atoms. The summed E-state index contributed by atoms with van der Waals surface area (Å²) < 4.78 is 5.90. The van der Waals surface area contributed by atoms with Crippen LogP contribution in [-0.2, 0) is 4.74 Å². The largest absolute Gasteiger partial charge is 0.440 e. The number of anilines is 1. The summed E-state index contributed by atoms with van der Waals surface area (Å²) in [6, 6.07) is 9.40. The molecule has 1 aromatic carbocycles. The first-order valence-corrected chi connectivity index (χ1v) is 6.65. The number of carbonyl (C=O) groups is 1. The third-order valence-electron chi connectivity index (χ3n) is 3.88. The number of nitrogens with two attached hydrogens (primary N) is 1. The number of benzene rings is 1. The lowest BCUT2D eigenvalue weighted by Gasteiger charge is -2.41. The highest BCUT2D eigenvalue weighted by Gasteiger charge is 2.39. The van der Waals surface area contributed by atoms with Gasteiger partial charge in [0.2, 0.25) is 0 Å². The van der Waals surface area contributed by atoms with Crippen LogP contribution < -0.4 is 11.2 Å². The molecule has 104 valence electrons. The number of carbonyl (C=O) groups excluding carboxylic acids is 1. The van der Waals surface area contributed by atoms with E-state index in [2.05, 4.69) is 5.32 Å². The molecule has 1 saturated heterocycles. The maximum atomic E-state index is 11.9. The Morgan fingerprint density at radius 3 is 2.79 bits per heavy atom. The number of hydrogen-bond donors (Lipinski definition) is 2. The Balaban J connectivity index is 1.92. The maximum Gasteiger partial charge on any atom is 0.412 e. The molecule has 5 heteroatoms. The van der Waals surface area contributed by atoms with Crippen molar-refractivity contribution in [3.05, 3.63) is 30.3 Å². The zero-order valence-corrected chi connectivity index (χ0v) is 11.5. The quantitative estimate of drug-likeness (QED) is 0.635. The van der Waals surface area contributed by atoms with Crippen LogP contribution in [0.3, 0.4) is 0 Å². The summed E-state index contributed by atoms with van der Waals surface area (Å²) in [5, 5.41) is 2.73. The summed E-state index contributed by atoms with van der Waals surface area (Å²) in [5.41, 5.74) is 0.737. The highest BCUT2D eigenvalue weighted by Crippen LogP contribution is 2.23. The fourth-order valence-electron chi connectivity index (χ4n) is 2.42. The minimum absolute atomic E-state index is 0.107. The second kappa shape index (κ2) is 5.59. The third-order valence-corrected chi connectivity index (χ3v) is 3.88. The van der Waals surface area contributed by atoms with Crippen molar-refractivity contribution in [3.63, 3.8) is 0 Å². The molecule has 2 rings (SSSR count). The van der Waals surface area contributed by atoms with Gasteiger partial charge in [-0.25, -0.2) is 9.39 Å². The fourth-order valence-corrected chi connectivity index (χ4v) is 2.42. The average Bonchev–Trinajstić information content (AvgIpc) is 2.36. The van der Waals surface area contributed by atoms with Crippen LogP contribution in [0.1, 0.15) is 19.8 Å². The Morgan fingerprint density at radius 1 is 1.42 bits per heavy atom. The zero-order valence-electron chi connectivity index (χ0n) is 11.5. The Morgan fingerprint density at radius 2 is 2.11 bits per heavy atom. The Kier molecular flexibility index (Phi) is 4.07. The summed E-state index contributed by atoms with van der Waals surface area (Å²) in [7, 11) is 1.97. The molecule has 3 unspecified atom stereocenters. The Labute approximate surface area is 113 Å². The normalized spacial score (nSPS) is 30.7. The second-order valence-electron chi connectivity index (χ2n) is 5.39. The molecule has 0 radical (unpaired) electrons. The molecule has 0 spiro atoms. The second-order valence-corrected chi connectivity index (χ2v) is 5.39. The molecule has 1 fully saturated rings. The van der Waals surface area contributed by atoms with E-state index in [9.17, 15) is 4.79 Å². The van der Waals surface area contributed by atoms with E-state index in [1.54, 1.807) is 0 Å². The summed E-state index contributed by atoms with van der Waals surface area (Å²) in [4.78, 5) is 11.9. The molecule has 3 N–H and O–H groups in total. The lowest BCUT2D eigenvalue weighted by molar-refractivity contribution is -0.951. The van der Waals surface area contributed by atoms with Crippen LogP contribution in [0, 0.1) is 0 Å². The van der Waals surface area contributed by atoms with Crippen LogP contribution in [0.5, 0.6) is 0 Å². The van der Waals surface area contributed by atoms with E-state index in [-0.39, 0.29) is 12.1 Å². The SMILES string of the molecule is CC1C(OC(=O)Nc2ccccc2)CCC[N+]1(C)N. The van der Waals surface area contributed by atoms with Gasteiger partial charge in [0.25, 0.3) is 0 Å². The molecule has 0 aromatic heterocycles. The van der Waals surface area contributed by atoms with Gasteiger partial charge < -0.3 is 4.74 Å². The molecule has 5 nitrogen and oxygen atoms in total. The van der Waals surface area contributed by atoms with Crippen molar-refractivity contribution in [3.8, 4) is 0 Å². The first kappa shape index (κ1) is 13.8. The van der Waals surface area contributed by atoms with Gasteiger partial charge in [-0.05, 0) is 25.5 Å². The lowest BCUT2D eigenvalue weighted by atomic mass is 10.00. The minimum Gasteiger partial charge on any atom is -0.440 e. The van der Waals surface area contributed by atoms with E-state index in [0.29, 0.717) is 4.59 Å². The molecule has 1 heterocycles. The lowest BCUT2D eigenvalue weighted by Crippen LogP contribution is -2.64. The third kappa shape index (κ3) is 3.45. The van der Waals surface area contributed by atoms with E-state index in [1.165, 1.54) is 0 Å². The van der Waals surface area contributed by atoms with Crippen molar-refractivity contribution in [1.82, 2.24) is 0 Å². The van der Waals surface area contributed by atoms with Gasteiger partial charge >= 0.3 is 6.09 Å². The van der Waals surface area contributed by atoms with Gasteiger partial charge in [-0.3, -0.25) is 5.32 Å². The molecule has 3 atom stereocenters. The number of piperidine rings is 1. The van der Waals surface area contributed by atoms with Gasteiger partial charge in [-0.15, -0.1) is 0 Å². The van der Waals surface area contributed by atoms with Crippen LogP contribution in [0.4, 0.5) is 10.5 Å². The van der Waals surface area contributed by atoms with Crippen LogP contribution in [0.2, 0.25) is 0 Å². The minimum atomic E-state index is -0.412. The number of amides is 1.